The first kappa shape index (κ1) is 16.7. The molecule has 4 aromatic rings. The van der Waals surface area contributed by atoms with Crippen LogP contribution in [0.2, 0.25) is 0 Å². The van der Waals surface area contributed by atoms with Crippen molar-refractivity contribution in [2.45, 2.75) is 18.6 Å². The SMILES string of the molecule is Cc1nc2ccccc2n1Cc1nnc2n1N=C(c1ccc(Br)cc1)CS2. The zero-order chi connectivity index (χ0) is 18.4. The Kier molecular flexibility index (Phi) is 4.09. The third kappa shape index (κ3) is 2.98. The molecule has 0 amide bonds. The van der Waals surface area contributed by atoms with Gasteiger partial charge in [-0.1, -0.05) is 52.0 Å². The Balaban J connectivity index is 1.54. The lowest BCUT2D eigenvalue weighted by atomic mass is 10.1. The van der Waals surface area contributed by atoms with E-state index in [-0.39, 0.29) is 0 Å². The molecule has 6 nitrogen and oxygen atoms in total. The Bertz CT molecular complexity index is 1170. The number of halogens is 1. The van der Waals surface area contributed by atoms with E-state index in [1.165, 1.54) is 0 Å². The van der Waals surface area contributed by atoms with Crippen molar-refractivity contribution in [3.63, 3.8) is 0 Å². The topological polar surface area (TPSA) is 60.9 Å². The van der Waals surface area contributed by atoms with Crippen molar-refractivity contribution in [2.75, 3.05) is 5.75 Å². The fraction of sp³-hybridized carbons (Fsp3) is 0.158. The standard InChI is InChI=1S/C19H15BrN6S/c1-12-21-15-4-2-3-5-17(15)25(12)10-18-22-23-19-26(18)24-16(11-27-19)13-6-8-14(20)9-7-13/h2-9H,10-11H2,1H3. The van der Waals surface area contributed by atoms with Gasteiger partial charge >= 0.3 is 0 Å². The van der Waals surface area contributed by atoms with Gasteiger partial charge in [0, 0.05) is 10.2 Å². The predicted molar refractivity (Wildman–Crippen MR) is 110 cm³/mol. The quantitative estimate of drug-likeness (QED) is 0.482. The van der Waals surface area contributed by atoms with Crippen molar-refractivity contribution in [3.05, 3.63) is 70.2 Å². The highest BCUT2D eigenvalue weighted by Gasteiger charge is 2.21. The molecule has 0 fully saturated rings. The molecule has 8 heteroatoms. The van der Waals surface area contributed by atoms with Crippen LogP contribution in [-0.4, -0.2) is 35.9 Å². The minimum absolute atomic E-state index is 0.580. The lowest BCUT2D eigenvalue weighted by molar-refractivity contribution is 0.658. The highest BCUT2D eigenvalue weighted by Crippen LogP contribution is 2.26. The largest absolute Gasteiger partial charge is 0.320 e. The van der Waals surface area contributed by atoms with Gasteiger partial charge in [-0.2, -0.15) is 9.78 Å². The number of nitrogens with zero attached hydrogens (tertiary/aromatic N) is 6. The highest BCUT2D eigenvalue weighted by atomic mass is 79.9. The van der Waals surface area contributed by atoms with Crippen LogP contribution < -0.4 is 0 Å². The van der Waals surface area contributed by atoms with E-state index >= 15 is 0 Å². The number of hydrogen-bond acceptors (Lipinski definition) is 5. The zero-order valence-electron chi connectivity index (χ0n) is 14.5. The maximum Gasteiger partial charge on any atom is 0.212 e. The number of benzene rings is 2. The number of aryl methyl sites for hydroxylation is 1. The maximum atomic E-state index is 4.83. The van der Waals surface area contributed by atoms with Crippen LogP contribution >= 0.6 is 27.7 Å². The van der Waals surface area contributed by atoms with E-state index in [2.05, 4.69) is 53.9 Å². The summed E-state index contributed by atoms with van der Waals surface area (Å²) in [6, 6.07) is 16.4. The van der Waals surface area contributed by atoms with E-state index in [0.717, 1.165) is 49.3 Å². The minimum Gasteiger partial charge on any atom is -0.320 e. The molecule has 2 aromatic carbocycles. The van der Waals surface area contributed by atoms with E-state index < -0.39 is 0 Å². The second-order valence-electron chi connectivity index (χ2n) is 6.29. The Morgan fingerprint density at radius 2 is 1.89 bits per heavy atom. The molecule has 0 saturated heterocycles. The third-order valence-electron chi connectivity index (χ3n) is 4.56. The Hall–Kier alpha value is -2.45. The molecule has 0 aliphatic carbocycles. The van der Waals surface area contributed by atoms with Gasteiger partial charge < -0.3 is 4.57 Å². The lowest BCUT2D eigenvalue weighted by Gasteiger charge is -2.14. The molecule has 27 heavy (non-hydrogen) atoms. The number of imidazole rings is 1. The van der Waals surface area contributed by atoms with E-state index in [1.807, 2.05) is 41.9 Å². The van der Waals surface area contributed by atoms with Crippen LogP contribution in [0.5, 0.6) is 0 Å². The van der Waals surface area contributed by atoms with Crippen molar-refractivity contribution in [2.24, 2.45) is 5.10 Å². The second kappa shape index (κ2) is 6.61. The Labute approximate surface area is 168 Å². The predicted octanol–water partition coefficient (Wildman–Crippen LogP) is 4.11. The van der Waals surface area contributed by atoms with Crippen molar-refractivity contribution in [1.82, 2.24) is 24.4 Å². The van der Waals surface area contributed by atoms with Crippen LogP contribution in [0, 0.1) is 6.92 Å². The molecule has 3 heterocycles. The summed E-state index contributed by atoms with van der Waals surface area (Å²) in [5.74, 6) is 2.54. The fourth-order valence-corrected chi connectivity index (χ4v) is 4.31. The van der Waals surface area contributed by atoms with Crippen LogP contribution in [0.1, 0.15) is 17.2 Å². The summed E-state index contributed by atoms with van der Waals surface area (Å²) in [5.41, 5.74) is 4.21. The molecule has 0 unspecified atom stereocenters. The molecular formula is C19H15BrN6S. The highest BCUT2D eigenvalue weighted by molar-refractivity contribution is 9.10. The molecule has 2 aromatic heterocycles. The van der Waals surface area contributed by atoms with Crippen LogP contribution in [-0.2, 0) is 6.54 Å². The monoisotopic (exact) mass is 438 g/mol. The van der Waals surface area contributed by atoms with Crippen molar-refractivity contribution < 1.29 is 0 Å². The number of rotatable bonds is 3. The summed E-state index contributed by atoms with van der Waals surface area (Å²) in [6.07, 6.45) is 0. The number of thioether (sulfide) groups is 1. The summed E-state index contributed by atoms with van der Waals surface area (Å²) < 4.78 is 5.07. The molecule has 134 valence electrons. The molecule has 0 radical (unpaired) electrons. The van der Waals surface area contributed by atoms with Gasteiger partial charge in [0.1, 0.15) is 5.82 Å². The molecule has 5 rings (SSSR count). The summed E-state index contributed by atoms with van der Waals surface area (Å²) >= 11 is 5.14. The molecule has 0 atom stereocenters. The summed E-state index contributed by atoms with van der Waals surface area (Å²) in [5, 5.41) is 14.4. The fourth-order valence-electron chi connectivity index (χ4n) is 3.19. The van der Waals surface area contributed by atoms with Gasteiger partial charge in [-0.3, -0.25) is 0 Å². The second-order valence-corrected chi connectivity index (χ2v) is 8.14. The minimum atomic E-state index is 0.580. The molecular weight excluding hydrogens is 424 g/mol. The third-order valence-corrected chi connectivity index (χ3v) is 6.02. The van der Waals surface area contributed by atoms with Crippen molar-refractivity contribution in [1.29, 1.82) is 0 Å². The van der Waals surface area contributed by atoms with Crippen LogP contribution in [0.3, 0.4) is 0 Å². The van der Waals surface area contributed by atoms with Crippen molar-refractivity contribution >= 4 is 44.4 Å². The van der Waals surface area contributed by atoms with E-state index in [4.69, 9.17) is 5.10 Å². The number of para-hydroxylation sites is 2. The molecule has 0 spiro atoms. The van der Waals surface area contributed by atoms with E-state index in [0.29, 0.717) is 6.54 Å². The van der Waals surface area contributed by atoms with Gasteiger partial charge in [-0.25, -0.2) is 4.98 Å². The first-order valence-electron chi connectivity index (χ1n) is 8.52. The molecule has 0 saturated carbocycles. The average Bonchev–Trinajstić information content (AvgIpc) is 3.23. The summed E-state index contributed by atoms with van der Waals surface area (Å²) in [4.78, 5) is 4.64. The average molecular weight is 439 g/mol. The van der Waals surface area contributed by atoms with E-state index in [9.17, 15) is 0 Å². The molecule has 0 N–H and O–H groups in total. The molecule has 0 bridgehead atoms. The van der Waals surface area contributed by atoms with Gasteiger partial charge in [-0.15, -0.1) is 10.2 Å². The first-order valence-corrected chi connectivity index (χ1v) is 10.3. The lowest BCUT2D eigenvalue weighted by Crippen LogP contribution is -2.16. The number of hydrogen-bond donors (Lipinski definition) is 0. The van der Waals surface area contributed by atoms with Gasteiger partial charge in [0.05, 0.1) is 23.3 Å². The van der Waals surface area contributed by atoms with Gasteiger partial charge in [-0.05, 0) is 36.8 Å². The van der Waals surface area contributed by atoms with Gasteiger partial charge in [0.15, 0.2) is 5.82 Å². The Morgan fingerprint density at radius 1 is 1.07 bits per heavy atom. The number of aromatic nitrogens is 5. The van der Waals surface area contributed by atoms with Gasteiger partial charge in [0.25, 0.3) is 0 Å². The molecule has 1 aliphatic heterocycles. The summed E-state index contributed by atoms with van der Waals surface area (Å²) in [7, 11) is 0. The van der Waals surface area contributed by atoms with Crippen molar-refractivity contribution in [3.8, 4) is 0 Å². The summed E-state index contributed by atoms with van der Waals surface area (Å²) in [6.45, 7) is 2.59. The Morgan fingerprint density at radius 3 is 2.74 bits per heavy atom. The van der Waals surface area contributed by atoms with Crippen LogP contribution in [0.15, 0.2) is 63.3 Å². The van der Waals surface area contributed by atoms with Crippen LogP contribution in [0.25, 0.3) is 11.0 Å². The first-order chi connectivity index (χ1) is 13.2. The van der Waals surface area contributed by atoms with Crippen LogP contribution in [0.4, 0.5) is 0 Å². The normalized spacial score (nSPS) is 13.6. The molecule has 1 aliphatic rings. The smallest absolute Gasteiger partial charge is 0.212 e. The van der Waals surface area contributed by atoms with E-state index in [1.54, 1.807) is 11.8 Å². The number of fused-ring (bicyclic) bond motifs is 2. The maximum absolute atomic E-state index is 4.83. The zero-order valence-corrected chi connectivity index (χ0v) is 16.9. The van der Waals surface area contributed by atoms with Gasteiger partial charge in [0.2, 0.25) is 5.16 Å².